The molecular formula is C31H54O4Si. The summed E-state index contributed by atoms with van der Waals surface area (Å²) >= 11 is 0. The first-order valence-corrected chi connectivity index (χ1v) is 16.3. The molecule has 5 heteroatoms. The first-order chi connectivity index (χ1) is 16.7. The fourth-order valence-electron chi connectivity index (χ4n) is 8.68. The minimum atomic E-state index is -2.17. The van der Waals surface area contributed by atoms with Crippen LogP contribution in [0.1, 0.15) is 88.0 Å². The Kier molecular flexibility index (Phi) is 8.53. The smallest absolute Gasteiger partial charge is 0.258 e. The monoisotopic (exact) mass is 518 g/mol. The highest BCUT2D eigenvalue weighted by molar-refractivity contribution is 6.77. The van der Waals surface area contributed by atoms with Crippen LogP contribution in [0.4, 0.5) is 0 Å². The second-order valence-electron chi connectivity index (χ2n) is 13.5. The average Bonchev–Trinajstić information content (AvgIpc) is 3.18. The van der Waals surface area contributed by atoms with Gasteiger partial charge in [0, 0.05) is 29.3 Å². The summed E-state index contributed by atoms with van der Waals surface area (Å²) in [5, 5.41) is 12.1. The lowest BCUT2D eigenvalue weighted by Gasteiger charge is -2.62. The second kappa shape index (κ2) is 10.4. The van der Waals surface area contributed by atoms with E-state index < -0.39 is 19.8 Å². The van der Waals surface area contributed by atoms with E-state index >= 15 is 0 Å². The molecule has 3 aliphatic rings. The molecule has 7 atom stereocenters. The summed E-state index contributed by atoms with van der Waals surface area (Å²) in [6.07, 6.45) is 7.11. The Labute approximate surface area is 222 Å². The Balaban J connectivity index is 2.21. The van der Waals surface area contributed by atoms with E-state index in [2.05, 4.69) is 75.0 Å². The Hall–Kier alpha value is -0.883. The summed E-state index contributed by atoms with van der Waals surface area (Å²) in [5.74, 6) is 1.57. The molecule has 2 saturated carbocycles. The van der Waals surface area contributed by atoms with Crippen molar-refractivity contribution in [2.24, 2.45) is 28.1 Å². The molecule has 3 aliphatic carbocycles. The maximum absolute atomic E-state index is 12.1. The van der Waals surface area contributed by atoms with Gasteiger partial charge in [0.05, 0.1) is 18.0 Å². The van der Waals surface area contributed by atoms with Gasteiger partial charge in [0.15, 0.2) is 0 Å². The van der Waals surface area contributed by atoms with Gasteiger partial charge in [0.2, 0.25) is 0 Å². The van der Waals surface area contributed by atoms with E-state index in [1.807, 2.05) is 6.08 Å². The summed E-state index contributed by atoms with van der Waals surface area (Å²) in [4.78, 5) is 0. The van der Waals surface area contributed by atoms with Crippen molar-refractivity contribution in [1.82, 2.24) is 0 Å². The maximum atomic E-state index is 12.1. The van der Waals surface area contributed by atoms with E-state index in [1.165, 1.54) is 0 Å². The lowest BCUT2D eigenvalue weighted by Crippen LogP contribution is -2.61. The molecule has 1 N–H and O–H groups in total. The molecule has 36 heavy (non-hydrogen) atoms. The third-order valence-corrected chi connectivity index (χ3v) is 16.9. The van der Waals surface area contributed by atoms with Crippen LogP contribution < -0.4 is 0 Å². The largest absolute Gasteiger partial charge is 0.546 e. The molecule has 0 aromatic heterocycles. The zero-order valence-corrected chi connectivity index (χ0v) is 25.8. The van der Waals surface area contributed by atoms with Gasteiger partial charge < -0.3 is 19.0 Å². The Morgan fingerprint density at radius 3 is 2.22 bits per heavy atom. The van der Waals surface area contributed by atoms with Crippen LogP contribution in [0.3, 0.4) is 0 Å². The minimum absolute atomic E-state index is 0.0855. The molecule has 0 heterocycles. The summed E-state index contributed by atoms with van der Waals surface area (Å²) in [6, 6.07) is 0. The van der Waals surface area contributed by atoms with Crippen LogP contribution in [0.25, 0.3) is 0 Å². The second-order valence-corrected chi connectivity index (χ2v) is 18.9. The SMILES string of the molecule is C=C[C@@]1(C)CC(O)C2(C)C(C)CCC3(CC=C(O[Si](C(C)C)(C(C)C)C(C)C)C32)C(=C)C1OCOC. The van der Waals surface area contributed by atoms with Gasteiger partial charge in [-0.3, -0.25) is 0 Å². The van der Waals surface area contributed by atoms with Gasteiger partial charge in [-0.25, -0.2) is 0 Å². The molecule has 0 aliphatic heterocycles. The number of hydrogen-bond acceptors (Lipinski definition) is 4. The lowest BCUT2D eigenvalue weighted by molar-refractivity contribution is -0.164. The molecule has 0 aromatic rings. The highest BCUT2D eigenvalue weighted by Gasteiger charge is 2.66. The maximum Gasteiger partial charge on any atom is 0.258 e. The van der Waals surface area contributed by atoms with Crippen LogP contribution in [0.2, 0.25) is 16.6 Å². The number of rotatable bonds is 9. The van der Waals surface area contributed by atoms with Gasteiger partial charge in [-0.1, -0.05) is 75.0 Å². The van der Waals surface area contributed by atoms with Crippen LogP contribution in [-0.4, -0.2) is 39.5 Å². The van der Waals surface area contributed by atoms with Gasteiger partial charge in [-0.2, -0.15) is 0 Å². The molecule has 0 radical (unpaired) electrons. The van der Waals surface area contributed by atoms with Crippen molar-refractivity contribution in [3.8, 4) is 0 Å². The van der Waals surface area contributed by atoms with E-state index in [-0.39, 0.29) is 29.6 Å². The normalized spacial score (nSPS) is 39.2. The van der Waals surface area contributed by atoms with Gasteiger partial charge in [0.25, 0.3) is 8.32 Å². The minimum Gasteiger partial charge on any atom is -0.546 e. The third-order valence-electron chi connectivity index (χ3n) is 10.9. The number of methoxy groups -OCH3 is 1. The zero-order valence-electron chi connectivity index (χ0n) is 24.8. The highest BCUT2D eigenvalue weighted by Crippen LogP contribution is 2.69. The first kappa shape index (κ1) is 29.7. The topological polar surface area (TPSA) is 47.9 Å². The van der Waals surface area contributed by atoms with Crippen molar-refractivity contribution in [1.29, 1.82) is 0 Å². The molecule has 6 unspecified atom stereocenters. The summed E-state index contributed by atoms with van der Waals surface area (Å²) in [5.41, 5.74) is 1.62. The van der Waals surface area contributed by atoms with Gasteiger partial charge in [0.1, 0.15) is 6.79 Å². The number of ether oxygens (including phenoxy) is 2. The molecule has 2 bridgehead atoms. The van der Waals surface area contributed by atoms with Crippen molar-refractivity contribution in [3.05, 3.63) is 36.6 Å². The Bertz CT molecular complexity index is 841. The van der Waals surface area contributed by atoms with Crippen molar-refractivity contribution < 1.29 is 19.0 Å². The first-order valence-electron chi connectivity index (χ1n) is 14.2. The van der Waals surface area contributed by atoms with E-state index in [0.29, 0.717) is 29.0 Å². The van der Waals surface area contributed by atoms with Crippen LogP contribution in [0, 0.1) is 28.1 Å². The molecule has 0 aromatic carbocycles. The number of allylic oxidation sites excluding steroid dienone is 2. The fraction of sp³-hybridized carbons (Fsp3) is 0.806. The molecular weight excluding hydrogens is 464 g/mol. The highest BCUT2D eigenvalue weighted by atomic mass is 28.4. The van der Waals surface area contributed by atoms with Gasteiger partial charge in [-0.05, 0) is 59.9 Å². The van der Waals surface area contributed by atoms with Crippen molar-refractivity contribution >= 4 is 8.32 Å². The fourth-order valence-corrected chi connectivity index (χ4v) is 14.0. The van der Waals surface area contributed by atoms with Crippen LogP contribution in [0.15, 0.2) is 36.6 Å². The molecule has 0 saturated heterocycles. The van der Waals surface area contributed by atoms with Crippen LogP contribution in [0.5, 0.6) is 0 Å². The standard InChI is InChI=1S/C31H54O4Si/c1-13-29(10)18-26(32)30(11)23(8)14-16-31(24(9)28(29)34-19-33-12)17-15-25(27(30)31)35-36(20(2)3,21(4)5)22(6)7/h13,15,20-23,26-28,32H,1,9,14,16-19H2,2-8,10-12H3/t23?,26?,27?,28?,29-,30?,31?/m0/s1. The third kappa shape index (κ3) is 4.21. The van der Waals surface area contributed by atoms with Crippen molar-refractivity contribution in [2.75, 3.05) is 13.9 Å². The molecule has 206 valence electrons. The van der Waals surface area contributed by atoms with Crippen LogP contribution >= 0.6 is 0 Å². The molecule has 2 fully saturated rings. The van der Waals surface area contributed by atoms with E-state index in [9.17, 15) is 5.11 Å². The van der Waals surface area contributed by atoms with E-state index in [0.717, 1.165) is 30.6 Å². The summed E-state index contributed by atoms with van der Waals surface area (Å²) in [7, 11) is -0.512. The average molecular weight is 519 g/mol. The summed E-state index contributed by atoms with van der Waals surface area (Å²) < 4.78 is 19.2. The van der Waals surface area contributed by atoms with E-state index in [4.69, 9.17) is 20.5 Å². The summed E-state index contributed by atoms with van der Waals surface area (Å²) in [6.45, 7) is 30.0. The zero-order chi connectivity index (χ0) is 27.3. The number of aliphatic hydroxyl groups excluding tert-OH is 1. The van der Waals surface area contributed by atoms with Gasteiger partial charge >= 0.3 is 0 Å². The Morgan fingerprint density at radius 1 is 1.14 bits per heavy atom. The quantitative estimate of drug-likeness (QED) is 0.191. The molecule has 3 rings (SSSR count). The lowest BCUT2D eigenvalue weighted by atomic mass is 9.45. The molecule has 0 amide bonds. The van der Waals surface area contributed by atoms with Gasteiger partial charge in [-0.15, -0.1) is 6.58 Å². The number of aliphatic hydroxyl groups is 1. The molecule has 0 spiro atoms. The Morgan fingerprint density at radius 2 is 1.72 bits per heavy atom. The predicted molar refractivity (Wildman–Crippen MR) is 152 cm³/mol. The van der Waals surface area contributed by atoms with E-state index in [1.54, 1.807) is 7.11 Å². The number of hydrogen-bond donors (Lipinski definition) is 1. The van der Waals surface area contributed by atoms with Crippen molar-refractivity contribution in [3.63, 3.8) is 0 Å². The predicted octanol–water partition coefficient (Wildman–Crippen LogP) is 8.01. The van der Waals surface area contributed by atoms with Crippen LogP contribution in [-0.2, 0) is 13.9 Å². The molecule has 4 nitrogen and oxygen atoms in total. The van der Waals surface area contributed by atoms with Crippen molar-refractivity contribution in [2.45, 2.75) is 117 Å².